The summed E-state index contributed by atoms with van der Waals surface area (Å²) in [5.41, 5.74) is 5.33. The van der Waals surface area contributed by atoms with Crippen molar-refractivity contribution in [2.24, 2.45) is 5.73 Å². The van der Waals surface area contributed by atoms with Crippen molar-refractivity contribution in [3.8, 4) is 0 Å². The zero-order valence-electron chi connectivity index (χ0n) is 6.77. The van der Waals surface area contributed by atoms with Crippen LogP contribution in [0.15, 0.2) is 0 Å². The first kappa shape index (κ1) is 12.8. The molecule has 0 aliphatic heterocycles. The predicted octanol–water partition coefficient (Wildman–Crippen LogP) is -1.60. The summed E-state index contributed by atoms with van der Waals surface area (Å²) in [6.07, 6.45) is 0. The Morgan fingerprint density at radius 1 is 1.62 bits per heavy atom. The standard InChI is InChI=1S/C6H11N2O3SSe/c7-3(1-12)5(9)8-4(2-13)6(10)11/h3-4,12H,1-2,7H2,(H,8,9)(H,10,11)/t3-,4-/m0/s1. The molecule has 0 aliphatic rings. The zero-order valence-corrected chi connectivity index (χ0v) is 9.37. The molecule has 2 atom stereocenters. The van der Waals surface area contributed by atoms with E-state index in [0.717, 1.165) is 0 Å². The molecule has 1 amide bonds. The van der Waals surface area contributed by atoms with Crippen LogP contribution in [0.2, 0.25) is 5.32 Å². The Morgan fingerprint density at radius 3 is 2.46 bits per heavy atom. The molecule has 0 aromatic rings. The molecule has 0 bridgehead atoms. The van der Waals surface area contributed by atoms with Crippen LogP contribution in [0.25, 0.3) is 0 Å². The van der Waals surface area contributed by atoms with Crippen molar-refractivity contribution >= 4 is 40.5 Å². The summed E-state index contributed by atoms with van der Waals surface area (Å²) in [5, 5.41) is 11.1. The van der Waals surface area contributed by atoms with Crippen molar-refractivity contribution in [3.63, 3.8) is 0 Å². The number of nitrogens with one attached hydrogen (secondary N) is 1. The molecule has 0 unspecified atom stereocenters. The Kier molecular flexibility index (Phi) is 6.15. The van der Waals surface area contributed by atoms with E-state index < -0.39 is 24.0 Å². The molecule has 0 aromatic carbocycles. The Bertz CT molecular complexity index is 202. The molecule has 4 N–H and O–H groups in total. The first-order chi connectivity index (χ1) is 6.02. The van der Waals surface area contributed by atoms with Crippen LogP contribution in [0.5, 0.6) is 0 Å². The maximum absolute atomic E-state index is 11.1. The summed E-state index contributed by atoms with van der Waals surface area (Å²) in [4.78, 5) is 21.6. The van der Waals surface area contributed by atoms with E-state index in [4.69, 9.17) is 10.8 Å². The number of carbonyl (C=O) groups excluding carboxylic acids is 1. The molecule has 0 saturated carbocycles. The second-order valence-electron chi connectivity index (χ2n) is 2.36. The van der Waals surface area contributed by atoms with Crippen molar-refractivity contribution in [2.75, 3.05) is 5.75 Å². The number of hydrogen-bond acceptors (Lipinski definition) is 4. The van der Waals surface area contributed by atoms with Crippen LogP contribution in [0, 0.1) is 0 Å². The van der Waals surface area contributed by atoms with E-state index in [1.165, 1.54) is 0 Å². The van der Waals surface area contributed by atoms with E-state index >= 15 is 0 Å². The molecule has 1 radical (unpaired) electrons. The van der Waals surface area contributed by atoms with Crippen molar-refractivity contribution in [3.05, 3.63) is 0 Å². The topological polar surface area (TPSA) is 92.4 Å². The third-order valence-corrected chi connectivity index (χ3v) is 2.41. The van der Waals surface area contributed by atoms with Crippen LogP contribution in [-0.2, 0) is 9.59 Å². The van der Waals surface area contributed by atoms with Crippen molar-refractivity contribution < 1.29 is 14.7 Å². The second-order valence-corrected chi connectivity index (χ2v) is 3.42. The average molecular weight is 270 g/mol. The van der Waals surface area contributed by atoms with E-state index in [-0.39, 0.29) is 11.1 Å². The van der Waals surface area contributed by atoms with Gasteiger partial charge < -0.3 is 0 Å². The molecular weight excluding hydrogens is 259 g/mol. The van der Waals surface area contributed by atoms with Crippen LogP contribution in [0.3, 0.4) is 0 Å². The Balaban J connectivity index is 4.09. The van der Waals surface area contributed by atoms with Gasteiger partial charge in [0.2, 0.25) is 0 Å². The zero-order chi connectivity index (χ0) is 10.4. The normalized spacial score (nSPS) is 14.7. The van der Waals surface area contributed by atoms with Gasteiger partial charge in [-0.2, -0.15) is 0 Å². The van der Waals surface area contributed by atoms with Gasteiger partial charge in [0, 0.05) is 0 Å². The maximum atomic E-state index is 11.1. The molecule has 75 valence electrons. The number of aliphatic carboxylic acids is 1. The molecule has 0 spiro atoms. The first-order valence-corrected chi connectivity index (χ1v) is 5.35. The van der Waals surface area contributed by atoms with E-state index in [1.807, 2.05) is 0 Å². The third kappa shape index (κ3) is 4.52. The summed E-state index contributed by atoms with van der Waals surface area (Å²) < 4.78 is 0. The van der Waals surface area contributed by atoms with Gasteiger partial charge in [0.15, 0.2) is 0 Å². The number of carbonyl (C=O) groups is 2. The number of rotatable bonds is 5. The number of carboxylic acid groups (broad SMARTS) is 1. The minimum absolute atomic E-state index is 0.186. The van der Waals surface area contributed by atoms with E-state index in [2.05, 4.69) is 34.0 Å². The van der Waals surface area contributed by atoms with Gasteiger partial charge >= 0.3 is 89.4 Å². The number of carboxylic acids is 1. The summed E-state index contributed by atoms with van der Waals surface area (Å²) in [5.74, 6) is -1.40. The van der Waals surface area contributed by atoms with Crippen molar-refractivity contribution in [1.82, 2.24) is 5.32 Å². The van der Waals surface area contributed by atoms with Crippen LogP contribution in [-0.4, -0.2) is 50.8 Å². The van der Waals surface area contributed by atoms with Gasteiger partial charge in [-0.25, -0.2) is 0 Å². The van der Waals surface area contributed by atoms with Gasteiger partial charge in [-0.1, -0.05) is 0 Å². The molecule has 13 heavy (non-hydrogen) atoms. The molecule has 7 heteroatoms. The van der Waals surface area contributed by atoms with Gasteiger partial charge in [0.1, 0.15) is 0 Å². The molecule has 0 aliphatic carbocycles. The fourth-order valence-corrected chi connectivity index (χ4v) is 1.18. The quantitative estimate of drug-likeness (QED) is 0.357. The van der Waals surface area contributed by atoms with Crippen LogP contribution >= 0.6 is 12.6 Å². The first-order valence-electron chi connectivity index (χ1n) is 3.50. The number of nitrogens with two attached hydrogens (primary N) is 1. The summed E-state index contributed by atoms with van der Waals surface area (Å²) in [7, 11) is 0. The molecule has 0 saturated heterocycles. The average Bonchev–Trinajstić information content (AvgIpc) is 2.11. The van der Waals surface area contributed by atoms with Crippen molar-refractivity contribution in [2.45, 2.75) is 17.4 Å². The second kappa shape index (κ2) is 6.26. The molecule has 5 nitrogen and oxygen atoms in total. The van der Waals surface area contributed by atoms with Gasteiger partial charge in [-0.3, -0.25) is 0 Å². The molecule has 0 fully saturated rings. The van der Waals surface area contributed by atoms with Gasteiger partial charge in [-0.15, -0.1) is 0 Å². The predicted molar refractivity (Wildman–Crippen MR) is 52.0 cm³/mol. The van der Waals surface area contributed by atoms with Crippen LogP contribution in [0.1, 0.15) is 0 Å². The molecule has 0 rings (SSSR count). The number of thiol groups is 1. The third-order valence-electron chi connectivity index (χ3n) is 1.31. The SMILES string of the molecule is N[C@@H](CS)C(=O)N[C@@H](C[Se])C(=O)O. The molecule has 0 heterocycles. The van der Waals surface area contributed by atoms with E-state index in [0.29, 0.717) is 0 Å². The van der Waals surface area contributed by atoms with E-state index in [9.17, 15) is 9.59 Å². The van der Waals surface area contributed by atoms with Gasteiger partial charge in [0.05, 0.1) is 0 Å². The fourth-order valence-electron chi connectivity index (χ4n) is 0.536. The van der Waals surface area contributed by atoms with Gasteiger partial charge in [-0.05, 0) is 0 Å². The Hall–Kier alpha value is -0.231. The van der Waals surface area contributed by atoms with Gasteiger partial charge in [0.25, 0.3) is 0 Å². The number of hydrogen-bond donors (Lipinski definition) is 4. The minimum atomic E-state index is -1.08. The molecule has 0 aromatic heterocycles. The van der Waals surface area contributed by atoms with E-state index in [1.54, 1.807) is 0 Å². The molecular formula is C6H11N2O3SSe. The summed E-state index contributed by atoms with van der Waals surface area (Å²) >= 11 is 6.35. The Morgan fingerprint density at radius 2 is 2.15 bits per heavy atom. The fraction of sp³-hybridized carbons (Fsp3) is 0.667. The monoisotopic (exact) mass is 271 g/mol. The van der Waals surface area contributed by atoms with Crippen LogP contribution in [0.4, 0.5) is 0 Å². The number of amides is 1. The van der Waals surface area contributed by atoms with Crippen molar-refractivity contribution in [1.29, 1.82) is 0 Å². The summed E-state index contributed by atoms with van der Waals surface area (Å²) in [6, 6.07) is -1.69. The summed E-state index contributed by atoms with van der Waals surface area (Å²) in [6.45, 7) is 0. The Labute approximate surface area is 89.7 Å². The van der Waals surface area contributed by atoms with Crippen LogP contribution < -0.4 is 11.1 Å².